The van der Waals surface area contributed by atoms with E-state index in [-0.39, 0.29) is 11.5 Å². The largest absolute Gasteiger partial charge is 0.474 e. The highest BCUT2D eigenvalue weighted by Crippen LogP contribution is 2.25. The maximum atomic E-state index is 12.4. The van der Waals surface area contributed by atoms with Crippen molar-refractivity contribution in [3.63, 3.8) is 0 Å². The molecule has 0 saturated carbocycles. The number of piperazine rings is 1. The number of carbonyl (C=O) groups is 1. The van der Waals surface area contributed by atoms with Crippen molar-refractivity contribution in [2.24, 2.45) is 0 Å². The van der Waals surface area contributed by atoms with Crippen LogP contribution in [-0.2, 0) is 11.3 Å². The molecule has 0 unspecified atom stereocenters. The highest BCUT2D eigenvalue weighted by Gasteiger charge is 2.25. The van der Waals surface area contributed by atoms with E-state index in [1.54, 1.807) is 11.1 Å². The number of pyridine rings is 1. The summed E-state index contributed by atoms with van der Waals surface area (Å²) in [7, 11) is 1.82. The van der Waals surface area contributed by atoms with E-state index >= 15 is 0 Å². The number of ether oxygens (including phenoxy) is 1. The Kier molecular flexibility index (Phi) is 5.74. The van der Waals surface area contributed by atoms with Gasteiger partial charge in [0.2, 0.25) is 5.95 Å². The van der Waals surface area contributed by atoms with Gasteiger partial charge >= 0.3 is 0 Å². The van der Waals surface area contributed by atoms with Gasteiger partial charge in [0.1, 0.15) is 22.8 Å². The van der Waals surface area contributed by atoms with E-state index in [4.69, 9.17) is 4.74 Å². The quantitative estimate of drug-likeness (QED) is 0.562. The average Bonchev–Trinajstić information content (AvgIpc) is 3.20. The molecule has 184 valence electrons. The summed E-state index contributed by atoms with van der Waals surface area (Å²) >= 11 is 0. The number of amides is 1. The Morgan fingerprint density at radius 3 is 2.51 bits per heavy atom. The number of carbonyl (C=O) groups excluding carboxylic acids is 1. The Labute approximate surface area is 205 Å². The van der Waals surface area contributed by atoms with Crippen molar-refractivity contribution in [1.29, 1.82) is 0 Å². The van der Waals surface area contributed by atoms with Crippen molar-refractivity contribution < 1.29 is 9.53 Å². The molecule has 1 saturated heterocycles. The zero-order valence-electron chi connectivity index (χ0n) is 20.8. The van der Waals surface area contributed by atoms with Gasteiger partial charge in [0.25, 0.3) is 5.91 Å². The lowest BCUT2D eigenvalue weighted by Gasteiger charge is -2.39. The summed E-state index contributed by atoms with van der Waals surface area (Å²) in [6.45, 7) is 15.0. The highest BCUT2D eigenvalue weighted by molar-refractivity contribution is 5.98. The number of aromatic nitrogens is 4. The molecule has 2 aliphatic heterocycles. The molecule has 1 amide bonds. The van der Waals surface area contributed by atoms with Gasteiger partial charge in [-0.2, -0.15) is 4.98 Å². The predicted molar refractivity (Wildman–Crippen MR) is 136 cm³/mol. The van der Waals surface area contributed by atoms with E-state index in [0.717, 1.165) is 48.8 Å². The molecule has 0 atom stereocenters. The van der Waals surface area contributed by atoms with Crippen LogP contribution in [0.1, 0.15) is 31.3 Å². The fraction of sp³-hybridized carbons (Fsp3) is 0.440. The minimum absolute atomic E-state index is 0.00731. The summed E-state index contributed by atoms with van der Waals surface area (Å²) in [5, 5.41) is 4.04. The SMILES string of the molecule is C=C(OC(C)(C)C)N1CCN(c2ccc(Nc3ncc4cc5n(c4n3)CCN(C)C5=O)nc2)CC1. The van der Waals surface area contributed by atoms with Crippen LogP contribution < -0.4 is 10.2 Å². The average molecular weight is 477 g/mol. The summed E-state index contributed by atoms with van der Waals surface area (Å²) in [4.78, 5) is 32.3. The van der Waals surface area contributed by atoms with Crippen LogP contribution >= 0.6 is 0 Å². The topological polar surface area (TPSA) is 91.7 Å². The van der Waals surface area contributed by atoms with Gasteiger partial charge in [0.05, 0.1) is 11.9 Å². The fourth-order valence-corrected chi connectivity index (χ4v) is 4.44. The third-order valence-electron chi connectivity index (χ3n) is 6.27. The first kappa shape index (κ1) is 22.9. The molecular weight excluding hydrogens is 444 g/mol. The number of likely N-dealkylation sites (N-methyl/N-ethyl adjacent to an activating group) is 1. The molecule has 10 heteroatoms. The summed E-state index contributed by atoms with van der Waals surface area (Å²) in [6, 6.07) is 5.84. The van der Waals surface area contributed by atoms with Crippen molar-refractivity contribution in [3.05, 3.63) is 48.7 Å². The molecule has 2 aliphatic rings. The van der Waals surface area contributed by atoms with E-state index < -0.39 is 0 Å². The van der Waals surface area contributed by atoms with Gasteiger partial charge in [-0.25, -0.2) is 9.97 Å². The molecule has 0 spiro atoms. The van der Waals surface area contributed by atoms with Crippen LogP contribution in [0.5, 0.6) is 0 Å². The number of hydrogen-bond donors (Lipinski definition) is 1. The Balaban J connectivity index is 1.23. The Hall–Kier alpha value is -3.82. The smallest absolute Gasteiger partial charge is 0.270 e. The number of hydrogen-bond acceptors (Lipinski definition) is 8. The molecule has 1 fully saturated rings. The van der Waals surface area contributed by atoms with Crippen LogP contribution in [0.15, 0.2) is 43.1 Å². The molecular formula is C25H32N8O2. The number of rotatable bonds is 5. The Bertz CT molecular complexity index is 1250. The Morgan fingerprint density at radius 2 is 1.83 bits per heavy atom. The first-order valence-corrected chi connectivity index (χ1v) is 11.9. The third-order valence-corrected chi connectivity index (χ3v) is 6.27. The number of anilines is 3. The minimum atomic E-state index is -0.246. The van der Waals surface area contributed by atoms with Crippen molar-refractivity contribution in [1.82, 2.24) is 29.3 Å². The van der Waals surface area contributed by atoms with E-state index in [0.29, 0.717) is 30.5 Å². The molecule has 5 heterocycles. The minimum Gasteiger partial charge on any atom is -0.474 e. The van der Waals surface area contributed by atoms with Crippen molar-refractivity contribution >= 4 is 34.4 Å². The lowest BCUT2D eigenvalue weighted by Crippen LogP contribution is -2.46. The van der Waals surface area contributed by atoms with Gasteiger partial charge in [-0.1, -0.05) is 0 Å². The van der Waals surface area contributed by atoms with Gasteiger partial charge in [-0.05, 0) is 45.5 Å². The summed E-state index contributed by atoms with van der Waals surface area (Å²) in [5.41, 5.74) is 2.23. The van der Waals surface area contributed by atoms with E-state index in [1.165, 1.54) is 0 Å². The molecule has 3 aromatic rings. The fourth-order valence-electron chi connectivity index (χ4n) is 4.44. The molecule has 3 aromatic heterocycles. The molecule has 0 aliphatic carbocycles. The lowest BCUT2D eigenvalue weighted by molar-refractivity contribution is 0.00166. The molecule has 10 nitrogen and oxygen atoms in total. The summed E-state index contributed by atoms with van der Waals surface area (Å²) in [6.07, 6.45) is 3.61. The predicted octanol–water partition coefficient (Wildman–Crippen LogP) is 3.06. The number of fused-ring (bicyclic) bond motifs is 3. The second kappa shape index (κ2) is 8.75. The number of nitrogens with one attached hydrogen (secondary N) is 1. The zero-order chi connectivity index (χ0) is 24.7. The first-order chi connectivity index (χ1) is 16.7. The summed E-state index contributed by atoms with van der Waals surface area (Å²) < 4.78 is 7.87. The number of nitrogens with zero attached hydrogens (tertiary/aromatic N) is 7. The van der Waals surface area contributed by atoms with Crippen LogP contribution in [0.2, 0.25) is 0 Å². The Morgan fingerprint density at radius 1 is 1.06 bits per heavy atom. The van der Waals surface area contributed by atoms with Gasteiger partial charge in [-0.15, -0.1) is 0 Å². The molecule has 0 aromatic carbocycles. The molecule has 5 rings (SSSR count). The molecule has 35 heavy (non-hydrogen) atoms. The van der Waals surface area contributed by atoms with Crippen molar-refractivity contribution in [3.8, 4) is 0 Å². The lowest BCUT2D eigenvalue weighted by atomic mass is 10.2. The van der Waals surface area contributed by atoms with Crippen LogP contribution in [0.3, 0.4) is 0 Å². The van der Waals surface area contributed by atoms with E-state index in [1.807, 2.05) is 50.7 Å². The van der Waals surface area contributed by atoms with Crippen LogP contribution in [0, 0.1) is 0 Å². The molecule has 0 radical (unpaired) electrons. The van der Waals surface area contributed by atoms with Crippen LogP contribution in [0.25, 0.3) is 11.0 Å². The molecule has 1 N–H and O–H groups in total. The van der Waals surface area contributed by atoms with Crippen molar-refractivity contribution in [2.45, 2.75) is 32.9 Å². The van der Waals surface area contributed by atoms with Gasteiger partial charge in [-0.3, -0.25) is 4.79 Å². The second-order valence-electron chi connectivity index (χ2n) is 9.99. The normalized spacial score (nSPS) is 16.5. The van der Waals surface area contributed by atoms with Gasteiger partial charge in [0.15, 0.2) is 5.88 Å². The van der Waals surface area contributed by atoms with Gasteiger partial charge in [0, 0.05) is 57.9 Å². The third kappa shape index (κ3) is 4.73. The van der Waals surface area contributed by atoms with Crippen LogP contribution in [0.4, 0.5) is 17.5 Å². The van der Waals surface area contributed by atoms with Crippen molar-refractivity contribution in [2.75, 3.05) is 50.0 Å². The van der Waals surface area contributed by atoms with E-state index in [9.17, 15) is 4.79 Å². The maximum absolute atomic E-state index is 12.4. The van der Waals surface area contributed by atoms with Gasteiger partial charge < -0.3 is 29.3 Å². The monoisotopic (exact) mass is 476 g/mol. The van der Waals surface area contributed by atoms with E-state index in [2.05, 4.69) is 42.7 Å². The zero-order valence-corrected chi connectivity index (χ0v) is 20.8. The first-order valence-electron chi connectivity index (χ1n) is 11.9. The standard InChI is InChI=1S/C25H32N8O2/c1-17(35-25(2,3)4)31-9-11-32(12-10-31)19-6-7-21(26-16-19)28-24-27-15-18-14-20-23(34)30(5)8-13-33(20)22(18)29-24/h6-7,14-16H,1,8-13H2,2-5H3,(H,26,27,28,29). The van der Waals surface area contributed by atoms with Crippen LogP contribution in [-0.4, -0.2) is 80.6 Å². The highest BCUT2D eigenvalue weighted by atomic mass is 16.5. The maximum Gasteiger partial charge on any atom is 0.270 e. The molecule has 0 bridgehead atoms. The summed E-state index contributed by atoms with van der Waals surface area (Å²) in [5.74, 6) is 1.86. The second-order valence-corrected chi connectivity index (χ2v) is 9.99.